The fourth-order valence-corrected chi connectivity index (χ4v) is 6.41. The number of rotatable bonds is 10. The lowest BCUT2D eigenvalue weighted by atomic mass is 10.1. The maximum atomic E-state index is 13.4. The van der Waals surface area contributed by atoms with Crippen LogP contribution in [-0.4, -0.2) is 52.6 Å². The normalized spacial score (nSPS) is 16.8. The van der Waals surface area contributed by atoms with Crippen LogP contribution in [0.25, 0.3) is 0 Å². The predicted octanol–water partition coefficient (Wildman–Crippen LogP) is 4.41. The summed E-state index contributed by atoms with van der Waals surface area (Å²) < 4.78 is 18.8. The van der Waals surface area contributed by atoms with Crippen molar-refractivity contribution in [3.8, 4) is 11.5 Å². The number of benzene rings is 2. The number of nitrogens with zero attached hydrogens (tertiary/aromatic N) is 2. The Balaban J connectivity index is 1.21. The van der Waals surface area contributed by atoms with Crippen molar-refractivity contribution in [2.24, 2.45) is 5.73 Å². The van der Waals surface area contributed by atoms with Gasteiger partial charge >= 0.3 is 0 Å². The Morgan fingerprint density at radius 3 is 2.44 bits per heavy atom. The molecule has 0 saturated carbocycles. The predicted molar refractivity (Wildman–Crippen MR) is 162 cm³/mol. The molecule has 3 atom stereocenters. The van der Waals surface area contributed by atoms with Crippen LogP contribution < -0.4 is 21.1 Å². The average molecular weight is 621 g/mol. The van der Waals surface area contributed by atoms with Gasteiger partial charge in [-0.25, -0.2) is 9.37 Å². The number of likely N-dealkylation sites (tertiary alicyclic amines) is 1. The van der Waals surface area contributed by atoms with E-state index in [-0.39, 0.29) is 42.0 Å². The zero-order valence-electron chi connectivity index (χ0n) is 23.1. The zero-order chi connectivity index (χ0) is 30.5. The number of nitrogen functional groups attached to an aromatic ring is 1. The van der Waals surface area contributed by atoms with E-state index < -0.39 is 11.9 Å². The number of ether oxygens (including phenoxy) is 1. The monoisotopic (exact) mass is 620 g/mol. The van der Waals surface area contributed by atoms with E-state index in [9.17, 15) is 18.8 Å². The molecule has 4 aromatic rings. The molecule has 0 unspecified atom stereocenters. The van der Waals surface area contributed by atoms with Crippen LogP contribution in [0, 0.1) is 11.2 Å². The summed E-state index contributed by atoms with van der Waals surface area (Å²) in [5.74, 6) is -0.742. The molecule has 10 nitrogen and oxygen atoms in total. The van der Waals surface area contributed by atoms with Crippen molar-refractivity contribution in [2.75, 3.05) is 13.1 Å². The van der Waals surface area contributed by atoms with E-state index >= 15 is 0 Å². The summed E-state index contributed by atoms with van der Waals surface area (Å²) in [7, 11) is 0. The van der Waals surface area contributed by atoms with Crippen molar-refractivity contribution in [2.45, 2.75) is 31.3 Å². The first-order valence-electron chi connectivity index (χ1n) is 13.4. The Kier molecular flexibility index (Phi) is 9.12. The number of carbonyl (C=O) groups is 3. The number of thiophene rings is 1. The summed E-state index contributed by atoms with van der Waals surface area (Å²) in [6.45, 7) is 1.85. The number of carbonyl (C=O) groups excluding carboxylic acids is 3. The SMILES string of the molecule is C[C@@H](NC(=O)[C@@H]1C[C@H](c2nccs2)CN1C(=O)CNC(=O)c1ccc(Oc2ccc(F)cc2)cc1)c1cc(C(=N)N)cs1. The molecule has 0 aliphatic carbocycles. The number of amidine groups is 1. The third-order valence-electron chi connectivity index (χ3n) is 7.01. The van der Waals surface area contributed by atoms with Gasteiger partial charge in [0.25, 0.3) is 5.91 Å². The highest BCUT2D eigenvalue weighted by Crippen LogP contribution is 2.33. The van der Waals surface area contributed by atoms with Gasteiger partial charge in [-0.3, -0.25) is 19.8 Å². The van der Waals surface area contributed by atoms with Crippen molar-refractivity contribution < 1.29 is 23.5 Å². The highest BCUT2D eigenvalue weighted by molar-refractivity contribution is 7.10. The molecule has 5 rings (SSSR count). The zero-order valence-corrected chi connectivity index (χ0v) is 24.7. The van der Waals surface area contributed by atoms with Gasteiger partial charge in [-0.15, -0.1) is 22.7 Å². The molecule has 13 heteroatoms. The summed E-state index contributed by atoms with van der Waals surface area (Å²) in [6, 6.07) is 12.6. The van der Waals surface area contributed by atoms with E-state index in [1.165, 1.54) is 51.8 Å². The number of hydrogen-bond acceptors (Lipinski definition) is 8. The van der Waals surface area contributed by atoms with Gasteiger partial charge in [0.2, 0.25) is 11.8 Å². The van der Waals surface area contributed by atoms with Gasteiger partial charge in [-0.2, -0.15) is 0 Å². The Hall–Kier alpha value is -4.62. The van der Waals surface area contributed by atoms with E-state index in [1.54, 1.807) is 41.9 Å². The molecule has 3 amide bonds. The van der Waals surface area contributed by atoms with Gasteiger partial charge in [0.05, 0.1) is 17.6 Å². The number of aromatic nitrogens is 1. The van der Waals surface area contributed by atoms with Gasteiger partial charge < -0.3 is 26.0 Å². The summed E-state index contributed by atoms with van der Waals surface area (Å²) in [5.41, 5.74) is 6.49. The highest BCUT2D eigenvalue weighted by Gasteiger charge is 2.41. The van der Waals surface area contributed by atoms with Gasteiger partial charge in [0, 0.05) is 45.4 Å². The summed E-state index contributed by atoms with van der Waals surface area (Å²) in [4.78, 5) is 46.3. The van der Waals surface area contributed by atoms with E-state index in [1.807, 2.05) is 12.3 Å². The lowest BCUT2D eigenvalue weighted by Crippen LogP contribution is -2.49. The molecule has 2 aromatic carbocycles. The van der Waals surface area contributed by atoms with Crippen LogP contribution in [0.15, 0.2) is 71.6 Å². The van der Waals surface area contributed by atoms with Crippen molar-refractivity contribution in [1.29, 1.82) is 5.41 Å². The van der Waals surface area contributed by atoms with Gasteiger partial charge in [0.15, 0.2) is 0 Å². The van der Waals surface area contributed by atoms with Crippen LogP contribution in [0.5, 0.6) is 11.5 Å². The van der Waals surface area contributed by atoms with E-state index in [0.29, 0.717) is 35.6 Å². The van der Waals surface area contributed by atoms with Gasteiger partial charge in [-0.1, -0.05) is 0 Å². The minimum Gasteiger partial charge on any atom is -0.457 e. The van der Waals surface area contributed by atoms with Crippen molar-refractivity contribution in [3.63, 3.8) is 0 Å². The summed E-state index contributed by atoms with van der Waals surface area (Å²) in [6.07, 6.45) is 2.10. The highest BCUT2D eigenvalue weighted by atomic mass is 32.1. The molecule has 1 fully saturated rings. The smallest absolute Gasteiger partial charge is 0.251 e. The van der Waals surface area contributed by atoms with Crippen molar-refractivity contribution in [3.05, 3.63) is 98.4 Å². The molecular formula is C30H29FN6O4S2. The molecule has 2 aromatic heterocycles. The lowest BCUT2D eigenvalue weighted by molar-refractivity contribution is -0.137. The third kappa shape index (κ3) is 7.24. The average Bonchev–Trinajstić information content (AvgIpc) is 3.78. The molecule has 3 heterocycles. The largest absolute Gasteiger partial charge is 0.457 e. The fraction of sp³-hybridized carbons (Fsp3) is 0.233. The molecule has 222 valence electrons. The minimum atomic E-state index is -0.740. The summed E-state index contributed by atoms with van der Waals surface area (Å²) >= 11 is 2.87. The second-order valence-corrected chi connectivity index (χ2v) is 11.9. The molecule has 1 saturated heterocycles. The van der Waals surface area contributed by atoms with E-state index in [4.69, 9.17) is 15.9 Å². The Bertz CT molecular complexity index is 1610. The molecule has 0 radical (unpaired) electrons. The summed E-state index contributed by atoms with van der Waals surface area (Å²) in [5, 5.41) is 17.7. The molecule has 43 heavy (non-hydrogen) atoms. The number of nitrogens with one attached hydrogen (secondary N) is 3. The Morgan fingerprint density at radius 2 is 1.81 bits per heavy atom. The van der Waals surface area contributed by atoms with Crippen LogP contribution in [-0.2, 0) is 9.59 Å². The second kappa shape index (κ2) is 13.1. The number of thiazole rings is 1. The number of hydrogen-bond donors (Lipinski definition) is 4. The first-order valence-corrected chi connectivity index (χ1v) is 15.2. The van der Waals surface area contributed by atoms with Gasteiger partial charge in [0.1, 0.15) is 29.2 Å². The maximum absolute atomic E-state index is 13.4. The maximum Gasteiger partial charge on any atom is 0.251 e. The lowest BCUT2D eigenvalue weighted by Gasteiger charge is -2.25. The minimum absolute atomic E-state index is 0.0452. The van der Waals surface area contributed by atoms with Crippen LogP contribution in [0.2, 0.25) is 0 Å². The van der Waals surface area contributed by atoms with Crippen molar-refractivity contribution in [1.82, 2.24) is 20.5 Å². The number of amides is 3. The fourth-order valence-electron chi connectivity index (χ4n) is 4.75. The molecular weight excluding hydrogens is 592 g/mol. The van der Waals surface area contributed by atoms with E-state index in [0.717, 1.165) is 9.88 Å². The third-order valence-corrected chi connectivity index (χ3v) is 9.06. The topological polar surface area (TPSA) is 151 Å². The first-order chi connectivity index (χ1) is 20.7. The Morgan fingerprint density at radius 1 is 1.12 bits per heavy atom. The molecule has 1 aliphatic heterocycles. The molecule has 5 N–H and O–H groups in total. The van der Waals surface area contributed by atoms with Crippen LogP contribution >= 0.6 is 22.7 Å². The van der Waals surface area contributed by atoms with Gasteiger partial charge in [-0.05, 0) is 67.9 Å². The van der Waals surface area contributed by atoms with Crippen molar-refractivity contribution >= 4 is 46.2 Å². The molecule has 1 aliphatic rings. The first kappa shape index (κ1) is 29.9. The van der Waals surface area contributed by atoms with Crippen LogP contribution in [0.4, 0.5) is 4.39 Å². The Labute approximate surface area is 255 Å². The number of halogens is 1. The van der Waals surface area contributed by atoms with Crippen LogP contribution in [0.1, 0.15) is 51.1 Å². The number of nitrogens with two attached hydrogens (primary N) is 1. The quantitative estimate of drug-likeness (QED) is 0.152. The van der Waals surface area contributed by atoms with E-state index in [2.05, 4.69) is 15.6 Å². The molecule has 0 spiro atoms. The van der Waals surface area contributed by atoms with Crippen LogP contribution in [0.3, 0.4) is 0 Å². The molecule has 0 bridgehead atoms. The second-order valence-electron chi connectivity index (χ2n) is 10.0. The standard InChI is InChI=1S/C30H29FN6O4S2/c1-17(25-13-20(16-43-25)27(32)33)36-29(40)24-12-19(30-34-10-11-42-30)15-37(24)26(38)14-35-28(39)18-2-6-22(7-3-18)41-23-8-4-21(31)5-9-23/h2-11,13,16-17,19,24H,12,14-15H2,1H3,(H3,32,33)(H,35,39)(H,36,40)/t17-,19+,24+/m1/s1.